The summed E-state index contributed by atoms with van der Waals surface area (Å²) in [6, 6.07) is 6.62. The molecule has 0 radical (unpaired) electrons. The van der Waals surface area contributed by atoms with Gasteiger partial charge in [0.15, 0.2) is 6.10 Å². The number of ether oxygens (including phenoxy) is 1. The van der Waals surface area contributed by atoms with Crippen LogP contribution in [0.15, 0.2) is 52.4 Å². The van der Waals surface area contributed by atoms with Crippen molar-refractivity contribution >= 4 is 29.4 Å². The van der Waals surface area contributed by atoms with Crippen molar-refractivity contribution in [1.29, 1.82) is 0 Å². The molecule has 1 atom stereocenters. The molecule has 0 aromatic heterocycles. The Labute approximate surface area is 178 Å². The second-order valence-corrected chi connectivity index (χ2v) is 7.91. The number of aliphatic carboxylic acids is 1. The molecule has 1 aliphatic carbocycles. The fourth-order valence-corrected chi connectivity index (χ4v) is 3.33. The van der Waals surface area contributed by atoms with Crippen molar-refractivity contribution in [1.82, 2.24) is 0 Å². The Morgan fingerprint density at radius 3 is 2.29 bits per heavy atom. The van der Waals surface area contributed by atoms with E-state index in [1.54, 1.807) is 0 Å². The van der Waals surface area contributed by atoms with Gasteiger partial charge in [0.1, 0.15) is 0 Å². The van der Waals surface area contributed by atoms with Crippen LogP contribution in [0.5, 0.6) is 0 Å². The quantitative estimate of drug-likeness (QED) is 0.703. The van der Waals surface area contributed by atoms with Gasteiger partial charge in [-0.2, -0.15) is 0 Å². The van der Waals surface area contributed by atoms with Crippen molar-refractivity contribution in [2.24, 2.45) is 0 Å². The van der Waals surface area contributed by atoms with E-state index in [9.17, 15) is 4.79 Å². The van der Waals surface area contributed by atoms with Gasteiger partial charge in [0.25, 0.3) is 0 Å². The summed E-state index contributed by atoms with van der Waals surface area (Å²) in [5, 5.41) is 11.9. The van der Waals surface area contributed by atoms with Crippen LogP contribution >= 0.6 is 0 Å². The summed E-state index contributed by atoms with van der Waals surface area (Å²) < 4.78 is 6.13. The molecule has 5 heteroatoms. The molecule has 1 aromatic carbocycles. The Morgan fingerprint density at radius 2 is 1.89 bits per heavy atom. The second kappa shape index (κ2) is 10.7. The van der Waals surface area contributed by atoms with Gasteiger partial charge in [0, 0.05) is 6.61 Å². The molecule has 0 bridgehead atoms. The summed E-state index contributed by atoms with van der Waals surface area (Å²) in [5.41, 5.74) is 5.31. The molecule has 2 aliphatic rings. The fourth-order valence-electron chi connectivity index (χ4n) is 3.33. The molecule has 3 rings (SSSR count). The summed E-state index contributed by atoms with van der Waals surface area (Å²) in [7, 11) is 0. The van der Waals surface area contributed by atoms with E-state index in [0.29, 0.717) is 24.9 Å². The third kappa shape index (κ3) is 6.14. The van der Waals surface area contributed by atoms with Gasteiger partial charge >= 0.3 is 138 Å². The number of hydrogen-bond donors (Lipinski definition) is 2. The van der Waals surface area contributed by atoms with Crippen LogP contribution in [-0.4, -0.2) is 41.5 Å². The molecule has 1 heterocycles. The van der Waals surface area contributed by atoms with Crippen molar-refractivity contribution in [3.05, 3.63) is 63.6 Å². The molecular weight excluding hydrogens is 345 g/mol. The minimum atomic E-state index is -0.831. The molecule has 1 fully saturated rings. The third-order valence-electron chi connectivity index (χ3n) is 5.03. The molecule has 2 N–H and O–H groups in total. The van der Waals surface area contributed by atoms with Gasteiger partial charge in [0.05, 0.1) is 0 Å². The number of benzene rings is 1. The Bertz CT molecular complexity index is 746. The summed E-state index contributed by atoms with van der Waals surface area (Å²) >= 11 is 2.14. The van der Waals surface area contributed by atoms with Crippen LogP contribution in [-0.2, 0) is 9.53 Å². The number of allylic oxidation sites excluding steroid dienone is 5. The van der Waals surface area contributed by atoms with E-state index < -0.39 is 12.1 Å². The standard InChI is InChI=1S/C18H22N.C5H8O3.Li/c1-13(2)16-10-7-11-17(14(3)4)18(16)19-12-15-8-5-6-9-15;6-5(7)4-2-1-3-8-4;/h5-8,10-14,19H,1-4H3;4H,1-3H2,(H,6,7);. The van der Waals surface area contributed by atoms with E-state index >= 15 is 0 Å². The summed E-state index contributed by atoms with van der Waals surface area (Å²) in [6.45, 7) is 9.60. The second-order valence-electron chi connectivity index (χ2n) is 7.91. The number of para-hydroxylation sites is 1. The summed E-state index contributed by atoms with van der Waals surface area (Å²) in [5.74, 6) is 0.207. The molecule has 146 valence electrons. The zero-order valence-electron chi connectivity index (χ0n) is 17.7. The van der Waals surface area contributed by atoms with Gasteiger partial charge in [-0.1, -0.05) is 0 Å². The van der Waals surface area contributed by atoms with Gasteiger partial charge in [-0.25, -0.2) is 4.79 Å². The van der Waals surface area contributed by atoms with E-state index in [-0.39, 0.29) is 0 Å². The van der Waals surface area contributed by atoms with E-state index in [0.717, 1.165) is 6.42 Å². The van der Waals surface area contributed by atoms with E-state index in [1.807, 2.05) is 0 Å². The predicted molar refractivity (Wildman–Crippen MR) is 116 cm³/mol. The maximum atomic E-state index is 10.1. The molecule has 1 aromatic rings. The number of hydrogen-bond acceptors (Lipinski definition) is 3. The number of nitrogens with one attached hydrogen (secondary N) is 1. The zero-order valence-corrected chi connectivity index (χ0v) is 17.7. The number of anilines is 1. The van der Waals surface area contributed by atoms with Gasteiger partial charge in [-0.3, -0.25) is 0 Å². The summed E-state index contributed by atoms with van der Waals surface area (Å²) in [4.78, 5) is 10.1. The normalized spacial score (nSPS) is 19.8. The topological polar surface area (TPSA) is 58.6 Å². The van der Waals surface area contributed by atoms with Crippen LogP contribution in [0, 0.1) is 0 Å². The Balaban J connectivity index is 0.000000292. The first kappa shape index (κ1) is 22.6. The minimum absolute atomic E-state index is 0.519. The first-order valence-corrected chi connectivity index (χ1v) is 10.1. The van der Waals surface area contributed by atoms with Crippen molar-refractivity contribution in [3.63, 3.8) is 0 Å². The van der Waals surface area contributed by atoms with E-state index in [1.165, 1.54) is 26.6 Å². The third-order valence-corrected chi connectivity index (χ3v) is 5.03. The Kier molecular flexibility index (Phi) is 8.63. The zero-order chi connectivity index (χ0) is 20.7. The molecule has 1 saturated heterocycles. The molecule has 28 heavy (non-hydrogen) atoms. The number of carbonyl (C=O) groups is 1. The fraction of sp³-hybridized carbons (Fsp3) is 0.435. The SMILES string of the molecule is O=C(O)C1CCCO1.[Li][C]1=CC=CC1=CNc1c(C(C)C)cccc1C(C)C. The van der Waals surface area contributed by atoms with Gasteiger partial charge in [-0.05, 0) is 12.8 Å². The van der Waals surface area contributed by atoms with Crippen molar-refractivity contribution in [2.45, 2.75) is 58.5 Å². The van der Waals surface area contributed by atoms with Crippen molar-refractivity contribution in [2.75, 3.05) is 11.9 Å². The van der Waals surface area contributed by atoms with Gasteiger partial charge < -0.3 is 9.84 Å². The van der Waals surface area contributed by atoms with Gasteiger partial charge in [-0.15, -0.1) is 0 Å². The van der Waals surface area contributed by atoms with E-state index in [2.05, 4.69) is 93.4 Å². The van der Waals surface area contributed by atoms with Crippen LogP contribution < -0.4 is 5.32 Å². The number of carboxylic acid groups (broad SMARTS) is 1. The van der Waals surface area contributed by atoms with Crippen molar-refractivity contribution < 1.29 is 14.6 Å². The Hall–Kier alpha value is -1.73. The van der Waals surface area contributed by atoms with Crippen LogP contribution in [0.25, 0.3) is 0 Å². The molecular formula is C23H30LiNO3. The van der Waals surface area contributed by atoms with Gasteiger partial charge in [0.2, 0.25) is 0 Å². The first-order valence-electron chi connectivity index (χ1n) is 10.1. The molecule has 1 unspecified atom stereocenters. The number of carboxylic acids is 1. The predicted octanol–water partition coefficient (Wildman–Crippen LogP) is 5.10. The van der Waals surface area contributed by atoms with Crippen LogP contribution in [0.1, 0.15) is 63.5 Å². The maximum absolute atomic E-state index is 10.1. The average Bonchev–Trinajstić information content (AvgIpc) is 3.32. The molecule has 0 saturated carbocycles. The molecule has 0 amide bonds. The van der Waals surface area contributed by atoms with Crippen molar-refractivity contribution in [3.8, 4) is 0 Å². The molecule has 1 aliphatic heterocycles. The summed E-state index contributed by atoms with van der Waals surface area (Å²) in [6.07, 6.45) is 9.56. The number of rotatable bonds is 5. The molecule has 4 nitrogen and oxygen atoms in total. The van der Waals surface area contributed by atoms with Crippen LogP contribution in [0.2, 0.25) is 0 Å². The Morgan fingerprint density at radius 1 is 1.25 bits per heavy atom. The molecule has 0 spiro atoms. The first-order chi connectivity index (χ1) is 13.3. The monoisotopic (exact) mass is 375 g/mol. The average molecular weight is 375 g/mol. The van der Waals surface area contributed by atoms with Crippen LogP contribution in [0.4, 0.5) is 5.69 Å². The van der Waals surface area contributed by atoms with Crippen LogP contribution in [0.3, 0.4) is 0 Å². The van der Waals surface area contributed by atoms with E-state index in [4.69, 9.17) is 9.84 Å².